The number of piperazine rings is 1. The molecule has 4 rings (SSSR count). The van der Waals surface area contributed by atoms with Gasteiger partial charge in [-0.15, -0.1) is 0 Å². The third-order valence-corrected chi connectivity index (χ3v) is 5.55. The van der Waals surface area contributed by atoms with E-state index in [0.717, 1.165) is 42.7 Å². The summed E-state index contributed by atoms with van der Waals surface area (Å²) in [6.07, 6.45) is 0.639. The van der Waals surface area contributed by atoms with E-state index in [2.05, 4.69) is 50.3 Å². The molecule has 0 N–H and O–H groups in total. The Morgan fingerprint density at radius 3 is 2.38 bits per heavy atom. The molecule has 2 aromatic carbocycles. The monoisotopic (exact) mass is 368 g/mol. The first-order chi connectivity index (χ1) is 12.7. The topological polar surface area (TPSA) is 32.3 Å². The smallest absolute Gasteiger partial charge is 0.205 e. The first-order valence-electron chi connectivity index (χ1n) is 8.81. The number of hydrogen-bond acceptors (Lipinski definition) is 5. The van der Waals surface area contributed by atoms with E-state index in [1.807, 2.05) is 0 Å². The highest BCUT2D eigenvalue weighted by Gasteiger charge is 2.21. The Labute approximate surface area is 157 Å². The van der Waals surface area contributed by atoms with Gasteiger partial charge in [-0.2, -0.15) is 4.37 Å². The summed E-state index contributed by atoms with van der Waals surface area (Å²) in [6, 6.07) is 15.1. The molecular weight excluding hydrogens is 347 g/mol. The van der Waals surface area contributed by atoms with Crippen LogP contribution in [0.2, 0.25) is 0 Å². The fourth-order valence-corrected chi connectivity index (χ4v) is 4.02. The van der Waals surface area contributed by atoms with Crippen LogP contribution in [0.25, 0.3) is 0 Å². The van der Waals surface area contributed by atoms with Gasteiger partial charge in [-0.05, 0) is 36.2 Å². The first kappa shape index (κ1) is 17.0. The predicted molar refractivity (Wildman–Crippen MR) is 105 cm³/mol. The zero-order valence-corrected chi connectivity index (χ0v) is 15.5. The van der Waals surface area contributed by atoms with Gasteiger partial charge in [0.05, 0.1) is 0 Å². The van der Waals surface area contributed by atoms with Crippen molar-refractivity contribution in [2.24, 2.45) is 0 Å². The van der Waals surface area contributed by atoms with Crippen LogP contribution in [-0.2, 0) is 6.42 Å². The number of nitrogens with zero attached hydrogens (tertiary/aromatic N) is 4. The molecule has 0 saturated carbocycles. The molecule has 1 aliphatic rings. The van der Waals surface area contributed by atoms with Crippen LogP contribution in [0.3, 0.4) is 0 Å². The molecule has 0 atom stereocenters. The van der Waals surface area contributed by atoms with Gasteiger partial charge in [0.2, 0.25) is 5.13 Å². The molecule has 0 spiro atoms. The molecule has 1 saturated heterocycles. The summed E-state index contributed by atoms with van der Waals surface area (Å²) in [5.74, 6) is 0.588. The van der Waals surface area contributed by atoms with Gasteiger partial charge in [0.25, 0.3) is 0 Å². The Kier molecular flexibility index (Phi) is 4.84. The van der Waals surface area contributed by atoms with E-state index in [0.29, 0.717) is 6.42 Å². The van der Waals surface area contributed by atoms with Crippen molar-refractivity contribution in [3.05, 3.63) is 71.3 Å². The van der Waals surface area contributed by atoms with E-state index in [1.54, 1.807) is 12.1 Å². The van der Waals surface area contributed by atoms with Gasteiger partial charge in [0.15, 0.2) is 0 Å². The highest BCUT2D eigenvalue weighted by atomic mass is 32.1. The number of halogens is 1. The molecule has 134 valence electrons. The van der Waals surface area contributed by atoms with E-state index in [1.165, 1.54) is 34.9 Å². The molecule has 3 aromatic rings. The number of hydrogen-bond donors (Lipinski definition) is 0. The Balaban J connectivity index is 1.38. The lowest BCUT2D eigenvalue weighted by molar-refractivity contribution is 0.627. The second kappa shape index (κ2) is 7.41. The van der Waals surface area contributed by atoms with E-state index < -0.39 is 0 Å². The summed E-state index contributed by atoms with van der Waals surface area (Å²) in [4.78, 5) is 9.43. The quantitative estimate of drug-likeness (QED) is 0.699. The zero-order chi connectivity index (χ0) is 17.9. The Bertz CT molecular complexity index is 870. The van der Waals surface area contributed by atoms with Gasteiger partial charge in [-0.25, -0.2) is 9.37 Å². The lowest BCUT2D eigenvalue weighted by atomic mass is 10.1. The second-order valence-electron chi connectivity index (χ2n) is 6.56. The Morgan fingerprint density at radius 1 is 0.962 bits per heavy atom. The van der Waals surface area contributed by atoms with Crippen LogP contribution in [0.5, 0.6) is 0 Å². The van der Waals surface area contributed by atoms with Crippen molar-refractivity contribution in [2.45, 2.75) is 13.3 Å². The van der Waals surface area contributed by atoms with Gasteiger partial charge < -0.3 is 9.80 Å². The summed E-state index contributed by atoms with van der Waals surface area (Å²) in [6.45, 7) is 6.02. The van der Waals surface area contributed by atoms with Gasteiger partial charge in [-0.3, -0.25) is 0 Å². The van der Waals surface area contributed by atoms with Crippen LogP contribution < -0.4 is 9.80 Å². The van der Waals surface area contributed by atoms with Crippen LogP contribution in [0.4, 0.5) is 15.2 Å². The molecule has 6 heteroatoms. The summed E-state index contributed by atoms with van der Waals surface area (Å²) >= 11 is 1.45. The largest absolute Gasteiger partial charge is 0.368 e. The van der Waals surface area contributed by atoms with Crippen molar-refractivity contribution in [1.29, 1.82) is 0 Å². The molecule has 0 aliphatic carbocycles. The minimum absolute atomic E-state index is 0.216. The van der Waals surface area contributed by atoms with Gasteiger partial charge in [-0.1, -0.05) is 30.3 Å². The highest BCUT2D eigenvalue weighted by molar-refractivity contribution is 7.09. The maximum Gasteiger partial charge on any atom is 0.205 e. The summed E-state index contributed by atoms with van der Waals surface area (Å²) in [5, 5.41) is 0.978. The lowest BCUT2D eigenvalue weighted by Crippen LogP contribution is -2.46. The van der Waals surface area contributed by atoms with Crippen molar-refractivity contribution >= 4 is 22.4 Å². The molecule has 1 aromatic heterocycles. The number of aromatic nitrogens is 2. The maximum absolute atomic E-state index is 13.0. The van der Waals surface area contributed by atoms with Crippen molar-refractivity contribution in [1.82, 2.24) is 9.36 Å². The minimum atomic E-state index is -0.216. The van der Waals surface area contributed by atoms with Crippen LogP contribution in [0, 0.1) is 12.7 Å². The second-order valence-corrected chi connectivity index (χ2v) is 7.29. The van der Waals surface area contributed by atoms with E-state index in [-0.39, 0.29) is 5.82 Å². The van der Waals surface area contributed by atoms with Gasteiger partial charge in [0.1, 0.15) is 11.6 Å². The van der Waals surface area contributed by atoms with Gasteiger partial charge in [0, 0.05) is 49.8 Å². The Morgan fingerprint density at radius 2 is 1.65 bits per heavy atom. The van der Waals surface area contributed by atoms with Crippen LogP contribution in [-0.4, -0.2) is 35.5 Å². The molecule has 0 bridgehead atoms. The fourth-order valence-electron chi connectivity index (χ4n) is 3.29. The van der Waals surface area contributed by atoms with E-state index >= 15 is 0 Å². The van der Waals surface area contributed by atoms with Gasteiger partial charge >= 0.3 is 0 Å². The SMILES string of the molecule is Cc1ccccc1N1CCN(c2nc(Cc3ccc(F)cc3)ns2)CC1. The molecule has 0 amide bonds. The number of benzene rings is 2. The number of rotatable bonds is 4. The predicted octanol–water partition coefficient (Wildman–Crippen LogP) is 3.90. The highest BCUT2D eigenvalue weighted by Crippen LogP contribution is 2.24. The molecule has 26 heavy (non-hydrogen) atoms. The zero-order valence-electron chi connectivity index (χ0n) is 14.7. The molecule has 1 aliphatic heterocycles. The van der Waals surface area contributed by atoms with Crippen molar-refractivity contribution in [3.8, 4) is 0 Å². The van der Waals surface area contributed by atoms with Crippen LogP contribution >= 0.6 is 11.5 Å². The average molecular weight is 368 g/mol. The molecule has 4 nitrogen and oxygen atoms in total. The maximum atomic E-state index is 13.0. The lowest BCUT2D eigenvalue weighted by Gasteiger charge is -2.36. The normalized spacial score (nSPS) is 14.7. The summed E-state index contributed by atoms with van der Waals surface area (Å²) in [5.41, 5.74) is 3.67. The van der Waals surface area contributed by atoms with E-state index in [4.69, 9.17) is 0 Å². The van der Waals surface area contributed by atoms with Crippen molar-refractivity contribution in [3.63, 3.8) is 0 Å². The van der Waals surface area contributed by atoms with Crippen molar-refractivity contribution in [2.75, 3.05) is 36.0 Å². The first-order valence-corrected chi connectivity index (χ1v) is 9.59. The number of anilines is 2. The molecule has 2 heterocycles. The molecule has 0 radical (unpaired) electrons. The average Bonchev–Trinajstić information content (AvgIpc) is 3.13. The molecular formula is C20H21FN4S. The standard InChI is InChI=1S/C20H21FN4S/c1-15-4-2-3-5-18(15)24-10-12-25(13-11-24)20-22-19(23-26-20)14-16-6-8-17(21)9-7-16/h2-9H,10-14H2,1H3. The van der Waals surface area contributed by atoms with Crippen molar-refractivity contribution < 1.29 is 4.39 Å². The molecule has 0 unspecified atom stereocenters. The summed E-state index contributed by atoms with van der Waals surface area (Å²) in [7, 11) is 0. The Hall–Kier alpha value is -2.47. The number of aryl methyl sites for hydroxylation is 1. The van der Waals surface area contributed by atoms with Crippen LogP contribution in [0.15, 0.2) is 48.5 Å². The van der Waals surface area contributed by atoms with E-state index in [9.17, 15) is 4.39 Å². The summed E-state index contributed by atoms with van der Waals surface area (Å²) < 4.78 is 17.5. The third kappa shape index (κ3) is 3.70. The fraction of sp³-hybridized carbons (Fsp3) is 0.300. The molecule has 1 fully saturated rings. The minimum Gasteiger partial charge on any atom is -0.368 e. The third-order valence-electron chi connectivity index (χ3n) is 4.74. The van der Waals surface area contributed by atoms with Crippen LogP contribution in [0.1, 0.15) is 17.0 Å². The number of para-hydroxylation sites is 1.